The minimum Gasteiger partial charge on any atom is -0.494 e. The van der Waals surface area contributed by atoms with Gasteiger partial charge in [0.05, 0.1) is 12.0 Å². The van der Waals surface area contributed by atoms with E-state index in [-0.39, 0.29) is 17.1 Å². The molecule has 2 saturated heterocycles. The van der Waals surface area contributed by atoms with Crippen LogP contribution in [0.2, 0.25) is 0 Å². The Hall–Kier alpha value is -4.07. The van der Waals surface area contributed by atoms with E-state index < -0.39 is 5.91 Å². The summed E-state index contributed by atoms with van der Waals surface area (Å²) in [6.45, 7) is 6.22. The van der Waals surface area contributed by atoms with Crippen LogP contribution in [0.5, 0.6) is 5.75 Å². The molecule has 2 aliphatic heterocycles. The molecule has 2 amide bonds. The lowest BCUT2D eigenvalue weighted by molar-refractivity contribution is -0.128. The topological polar surface area (TPSA) is 92.1 Å². The number of piperidine rings is 1. The molecule has 0 radical (unpaired) electrons. The van der Waals surface area contributed by atoms with Gasteiger partial charge in [-0.05, 0) is 55.5 Å². The lowest BCUT2D eigenvalue weighted by Crippen LogP contribution is -2.33. The van der Waals surface area contributed by atoms with Gasteiger partial charge in [0, 0.05) is 50.9 Å². The number of anilines is 1. The Morgan fingerprint density at radius 3 is 2.64 bits per heavy atom. The number of benzene rings is 2. The van der Waals surface area contributed by atoms with Crippen LogP contribution in [0.3, 0.4) is 0 Å². The van der Waals surface area contributed by atoms with E-state index in [9.17, 15) is 14.4 Å². The average molecular weight is 530 g/mol. The number of fused-ring (bicyclic) bond motifs is 1. The van der Waals surface area contributed by atoms with Crippen molar-refractivity contribution in [2.75, 3.05) is 37.7 Å². The van der Waals surface area contributed by atoms with Gasteiger partial charge in [-0.1, -0.05) is 36.8 Å². The van der Waals surface area contributed by atoms with E-state index in [1.54, 1.807) is 18.2 Å². The molecule has 204 valence electrons. The number of para-hydroxylation sites is 1. The number of carbonyl (C=O) groups is 2. The van der Waals surface area contributed by atoms with Crippen LogP contribution in [0.1, 0.15) is 55.1 Å². The van der Waals surface area contributed by atoms with Gasteiger partial charge < -0.3 is 24.3 Å². The summed E-state index contributed by atoms with van der Waals surface area (Å²) in [5.41, 5.74) is 3.76. The van der Waals surface area contributed by atoms with E-state index in [1.807, 2.05) is 17.9 Å². The molecule has 1 aromatic heterocycles. The molecule has 0 unspecified atom stereocenters. The largest absolute Gasteiger partial charge is 0.494 e. The van der Waals surface area contributed by atoms with Crippen LogP contribution in [-0.4, -0.2) is 49.5 Å². The predicted molar refractivity (Wildman–Crippen MR) is 151 cm³/mol. The SMILES string of the molecule is CCCOc1ccc2oc(C(=O)NCC=C3CCN(c4ccccc4CN4CCCC4=O)CC3)cc(=O)c2c1. The van der Waals surface area contributed by atoms with Crippen molar-refractivity contribution < 1.29 is 18.7 Å². The number of hydrogen-bond donors (Lipinski definition) is 1. The fourth-order valence-corrected chi connectivity index (χ4v) is 5.20. The van der Waals surface area contributed by atoms with Gasteiger partial charge in [0.25, 0.3) is 5.91 Å². The summed E-state index contributed by atoms with van der Waals surface area (Å²) in [6, 6.07) is 14.6. The van der Waals surface area contributed by atoms with E-state index >= 15 is 0 Å². The summed E-state index contributed by atoms with van der Waals surface area (Å²) < 4.78 is 11.3. The molecular weight excluding hydrogens is 494 g/mol. The van der Waals surface area contributed by atoms with E-state index in [1.165, 1.54) is 22.9 Å². The molecule has 39 heavy (non-hydrogen) atoms. The maximum Gasteiger partial charge on any atom is 0.287 e. The Labute approximate surface area is 228 Å². The van der Waals surface area contributed by atoms with Crippen LogP contribution in [0.15, 0.2) is 69.4 Å². The molecule has 8 nitrogen and oxygen atoms in total. The van der Waals surface area contributed by atoms with Gasteiger partial charge in [-0.2, -0.15) is 0 Å². The van der Waals surface area contributed by atoms with Crippen molar-refractivity contribution in [3.05, 3.63) is 81.7 Å². The summed E-state index contributed by atoms with van der Waals surface area (Å²) in [7, 11) is 0. The van der Waals surface area contributed by atoms with Crippen molar-refractivity contribution in [2.24, 2.45) is 0 Å². The second-order valence-electron chi connectivity index (χ2n) is 10.1. The molecule has 2 aromatic carbocycles. The fourth-order valence-electron chi connectivity index (χ4n) is 5.20. The molecule has 0 aliphatic carbocycles. The monoisotopic (exact) mass is 529 g/mol. The summed E-state index contributed by atoms with van der Waals surface area (Å²) in [4.78, 5) is 41.8. The smallest absolute Gasteiger partial charge is 0.287 e. The zero-order valence-electron chi connectivity index (χ0n) is 22.4. The zero-order chi connectivity index (χ0) is 27.2. The second kappa shape index (κ2) is 12.2. The molecule has 3 heterocycles. The molecule has 1 N–H and O–H groups in total. The highest BCUT2D eigenvalue weighted by molar-refractivity contribution is 5.93. The molecule has 0 bridgehead atoms. The van der Waals surface area contributed by atoms with Crippen molar-refractivity contribution >= 4 is 28.5 Å². The molecule has 2 fully saturated rings. The number of nitrogens with one attached hydrogen (secondary N) is 1. The molecule has 0 saturated carbocycles. The number of hydrogen-bond acceptors (Lipinski definition) is 6. The maximum absolute atomic E-state index is 12.7. The second-order valence-corrected chi connectivity index (χ2v) is 10.1. The minimum atomic E-state index is -0.417. The third kappa shape index (κ3) is 6.33. The number of ether oxygens (including phenoxy) is 1. The fraction of sp³-hybridized carbons (Fsp3) is 0.387. The highest BCUT2D eigenvalue weighted by Crippen LogP contribution is 2.28. The zero-order valence-corrected chi connectivity index (χ0v) is 22.4. The highest BCUT2D eigenvalue weighted by atomic mass is 16.5. The number of amides is 2. The van der Waals surface area contributed by atoms with Crippen molar-refractivity contribution in [1.82, 2.24) is 10.2 Å². The highest BCUT2D eigenvalue weighted by Gasteiger charge is 2.23. The quantitative estimate of drug-likeness (QED) is 0.406. The first-order valence-corrected chi connectivity index (χ1v) is 13.8. The average Bonchev–Trinajstić information content (AvgIpc) is 3.36. The molecule has 0 atom stereocenters. The van der Waals surface area contributed by atoms with E-state index in [0.29, 0.717) is 42.8 Å². The first kappa shape index (κ1) is 26.5. The van der Waals surface area contributed by atoms with Crippen LogP contribution in [0, 0.1) is 0 Å². The van der Waals surface area contributed by atoms with Gasteiger partial charge in [-0.25, -0.2) is 0 Å². The van der Waals surface area contributed by atoms with Gasteiger partial charge in [-0.3, -0.25) is 14.4 Å². The van der Waals surface area contributed by atoms with Crippen LogP contribution in [0.4, 0.5) is 5.69 Å². The first-order chi connectivity index (χ1) is 19.0. The lowest BCUT2D eigenvalue weighted by atomic mass is 10.0. The van der Waals surface area contributed by atoms with E-state index in [2.05, 4.69) is 34.5 Å². The Morgan fingerprint density at radius 1 is 1.05 bits per heavy atom. The van der Waals surface area contributed by atoms with Crippen molar-refractivity contribution in [1.29, 1.82) is 0 Å². The number of nitrogens with zero attached hydrogens (tertiary/aromatic N) is 2. The molecular formula is C31H35N3O5. The normalized spacial score (nSPS) is 15.6. The van der Waals surface area contributed by atoms with Gasteiger partial charge in [-0.15, -0.1) is 0 Å². The minimum absolute atomic E-state index is 0.00367. The summed E-state index contributed by atoms with van der Waals surface area (Å²) in [5, 5.41) is 3.24. The number of carbonyl (C=O) groups excluding carboxylic acids is 2. The van der Waals surface area contributed by atoms with E-state index in [0.717, 1.165) is 45.3 Å². The maximum atomic E-state index is 12.7. The Bertz CT molecular complexity index is 1430. The van der Waals surface area contributed by atoms with Crippen LogP contribution < -0.4 is 20.4 Å². The molecule has 3 aromatic rings. The lowest BCUT2D eigenvalue weighted by Gasteiger charge is -2.33. The van der Waals surface area contributed by atoms with Gasteiger partial charge in [0.2, 0.25) is 5.91 Å². The van der Waals surface area contributed by atoms with Crippen molar-refractivity contribution in [2.45, 2.75) is 45.6 Å². The van der Waals surface area contributed by atoms with Crippen LogP contribution >= 0.6 is 0 Å². The number of likely N-dealkylation sites (tertiary alicyclic amines) is 1. The molecule has 2 aliphatic rings. The number of rotatable bonds is 9. The summed E-state index contributed by atoms with van der Waals surface area (Å²) >= 11 is 0. The van der Waals surface area contributed by atoms with Crippen molar-refractivity contribution in [3.8, 4) is 5.75 Å². The van der Waals surface area contributed by atoms with E-state index in [4.69, 9.17) is 9.15 Å². The molecule has 0 spiro atoms. The summed E-state index contributed by atoms with van der Waals surface area (Å²) in [5.74, 6) is 0.428. The molecule has 5 rings (SSSR count). The predicted octanol–water partition coefficient (Wildman–Crippen LogP) is 4.66. The Kier molecular flexibility index (Phi) is 8.30. The van der Waals surface area contributed by atoms with Gasteiger partial charge >= 0.3 is 0 Å². The molecule has 8 heteroatoms. The van der Waals surface area contributed by atoms with Crippen LogP contribution in [0.25, 0.3) is 11.0 Å². The Balaban J connectivity index is 1.16. The third-order valence-electron chi connectivity index (χ3n) is 7.32. The van der Waals surface area contributed by atoms with Gasteiger partial charge in [0.15, 0.2) is 11.2 Å². The first-order valence-electron chi connectivity index (χ1n) is 13.8. The van der Waals surface area contributed by atoms with Crippen LogP contribution in [-0.2, 0) is 11.3 Å². The standard InChI is InChI=1S/C31H35N3O5/c1-2-18-38-24-9-10-28-25(19-24)27(35)20-29(39-28)31(37)32-14-11-22-12-16-33(17-13-22)26-7-4-3-6-23(26)21-34-15-5-8-30(34)36/h3-4,6-7,9-11,19-20H,2,5,8,12-18,21H2,1H3,(H,32,37). The third-order valence-corrected chi connectivity index (χ3v) is 7.32. The summed E-state index contributed by atoms with van der Waals surface area (Å²) in [6.07, 6.45) is 6.33. The van der Waals surface area contributed by atoms with Crippen molar-refractivity contribution in [3.63, 3.8) is 0 Å². The van der Waals surface area contributed by atoms with Gasteiger partial charge in [0.1, 0.15) is 11.3 Å². The Morgan fingerprint density at radius 2 is 1.87 bits per heavy atom.